The van der Waals surface area contributed by atoms with Gasteiger partial charge in [0.2, 0.25) is 5.91 Å². The Balaban J connectivity index is 1.71. The predicted molar refractivity (Wildman–Crippen MR) is 117 cm³/mol. The van der Waals surface area contributed by atoms with E-state index in [0.29, 0.717) is 16.5 Å². The van der Waals surface area contributed by atoms with Crippen molar-refractivity contribution in [2.75, 3.05) is 18.2 Å². The van der Waals surface area contributed by atoms with E-state index in [4.69, 9.17) is 16.3 Å². The van der Waals surface area contributed by atoms with Gasteiger partial charge in [0.1, 0.15) is 5.75 Å². The van der Waals surface area contributed by atoms with Gasteiger partial charge in [0, 0.05) is 23.8 Å². The molecule has 0 saturated heterocycles. The number of carbonyl (C=O) groups is 1. The molecule has 3 rings (SSSR count). The van der Waals surface area contributed by atoms with Crippen LogP contribution in [0.15, 0.2) is 58.6 Å². The number of aryl methyl sites for hydroxylation is 2. The lowest BCUT2D eigenvalue weighted by Crippen LogP contribution is -2.22. The Labute approximate surface area is 177 Å². The van der Waals surface area contributed by atoms with Crippen molar-refractivity contribution in [2.24, 2.45) is 0 Å². The van der Waals surface area contributed by atoms with Crippen LogP contribution < -0.4 is 15.6 Å². The Morgan fingerprint density at radius 3 is 2.69 bits per heavy atom. The number of hydrogen-bond donors (Lipinski definition) is 1. The molecular weight excluding hydrogens is 410 g/mol. The summed E-state index contributed by atoms with van der Waals surface area (Å²) in [5.41, 5.74) is 3.30. The lowest BCUT2D eigenvalue weighted by Gasteiger charge is -2.10. The normalized spacial score (nSPS) is 10.6. The number of nitrogens with one attached hydrogen (secondary N) is 1. The van der Waals surface area contributed by atoms with Crippen LogP contribution in [-0.2, 0) is 4.79 Å². The molecule has 0 radical (unpaired) electrons. The first-order valence-corrected chi connectivity index (χ1v) is 10.2. The number of amides is 1. The molecule has 0 aliphatic carbocycles. The van der Waals surface area contributed by atoms with Crippen molar-refractivity contribution in [1.29, 1.82) is 0 Å². The Bertz CT molecular complexity index is 1110. The molecule has 0 unspecified atom stereocenters. The fourth-order valence-electron chi connectivity index (χ4n) is 2.65. The van der Waals surface area contributed by atoms with Crippen molar-refractivity contribution in [3.05, 3.63) is 75.3 Å². The van der Waals surface area contributed by atoms with Crippen LogP contribution in [0.5, 0.6) is 5.75 Å². The van der Waals surface area contributed by atoms with E-state index in [2.05, 4.69) is 10.3 Å². The van der Waals surface area contributed by atoms with E-state index >= 15 is 0 Å². The highest BCUT2D eigenvalue weighted by molar-refractivity contribution is 7.99. The maximum absolute atomic E-state index is 12.8. The largest absolute Gasteiger partial charge is 0.495 e. The molecule has 0 aliphatic rings. The Morgan fingerprint density at radius 1 is 1.21 bits per heavy atom. The van der Waals surface area contributed by atoms with E-state index in [0.717, 1.165) is 28.6 Å². The highest BCUT2D eigenvalue weighted by Crippen LogP contribution is 2.27. The minimum absolute atomic E-state index is 0.0445. The molecule has 6 nitrogen and oxygen atoms in total. The number of ether oxygens (including phenoxy) is 1. The van der Waals surface area contributed by atoms with Crippen LogP contribution in [0.2, 0.25) is 5.02 Å². The van der Waals surface area contributed by atoms with Gasteiger partial charge in [-0.1, -0.05) is 29.4 Å². The van der Waals surface area contributed by atoms with Crippen LogP contribution in [0.4, 0.5) is 5.69 Å². The molecule has 0 fully saturated rings. The number of hydrogen-bond acceptors (Lipinski definition) is 5. The first-order valence-electron chi connectivity index (χ1n) is 8.80. The number of rotatable bonds is 6. The molecule has 1 N–H and O–H groups in total. The number of anilines is 1. The van der Waals surface area contributed by atoms with E-state index in [9.17, 15) is 9.59 Å². The van der Waals surface area contributed by atoms with Crippen molar-refractivity contribution in [3.8, 4) is 11.4 Å². The SMILES string of the molecule is COc1ccc(NC(=O)CSc2nccn(-c3ccc(C)c(C)c3)c2=O)cc1Cl. The van der Waals surface area contributed by atoms with Gasteiger partial charge in [-0.05, 0) is 55.3 Å². The van der Waals surface area contributed by atoms with E-state index in [1.54, 1.807) is 30.6 Å². The number of benzene rings is 2. The Kier molecular flexibility index (Phi) is 6.61. The van der Waals surface area contributed by atoms with Gasteiger partial charge in [-0.15, -0.1) is 0 Å². The topological polar surface area (TPSA) is 73.2 Å². The van der Waals surface area contributed by atoms with E-state index < -0.39 is 0 Å². The summed E-state index contributed by atoms with van der Waals surface area (Å²) in [6.07, 6.45) is 3.18. The van der Waals surface area contributed by atoms with Crippen molar-refractivity contribution in [3.63, 3.8) is 0 Å². The summed E-state index contributed by atoms with van der Waals surface area (Å²) in [7, 11) is 1.52. The van der Waals surface area contributed by atoms with Crippen LogP contribution in [0.3, 0.4) is 0 Å². The smallest absolute Gasteiger partial charge is 0.287 e. The van der Waals surface area contributed by atoms with Crippen LogP contribution in [0.25, 0.3) is 5.69 Å². The van der Waals surface area contributed by atoms with Crippen LogP contribution >= 0.6 is 23.4 Å². The summed E-state index contributed by atoms with van der Waals surface area (Å²) in [5, 5.41) is 3.41. The number of aromatic nitrogens is 2. The molecule has 2 aromatic carbocycles. The van der Waals surface area contributed by atoms with Crippen molar-refractivity contribution in [1.82, 2.24) is 9.55 Å². The Morgan fingerprint density at radius 2 is 2.00 bits per heavy atom. The number of methoxy groups -OCH3 is 1. The quantitative estimate of drug-likeness (QED) is 0.593. The molecule has 8 heteroatoms. The maximum Gasteiger partial charge on any atom is 0.287 e. The van der Waals surface area contributed by atoms with Gasteiger partial charge in [0.25, 0.3) is 5.56 Å². The molecule has 0 saturated carbocycles. The van der Waals surface area contributed by atoms with Gasteiger partial charge in [0.15, 0.2) is 5.03 Å². The summed E-state index contributed by atoms with van der Waals surface area (Å²) < 4.78 is 6.62. The average molecular weight is 430 g/mol. The van der Waals surface area contributed by atoms with E-state index in [1.807, 2.05) is 32.0 Å². The standard InChI is InChI=1S/C21H20ClN3O3S/c1-13-4-6-16(10-14(13)2)25-9-8-23-20(21(25)27)29-12-19(26)24-15-5-7-18(28-3)17(22)11-15/h4-11H,12H2,1-3H3,(H,24,26). The second-order valence-corrected chi connectivity index (χ2v) is 7.73. The molecule has 1 aromatic heterocycles. The number of halogens is 1. The average Bonchev–Trinajstić information content (AvgIpc) is 2.69. The molecule has 1 amide bonds. The molecular formula is C21H20ClN3O3S. The second kappa shape index (κ2) is 9.15. The van der Waals surface area contributed by atoms with Crippen LogP contribution in [-0.4, -0.2) is 28.3 Å². The monoisotopic (exact) mass is 429 g/mol. The summed E-state index contributed by atoms with van der Waals surface area (Å²) >= 11 is 7.16. The van der Waals surface area contributed by atoms with E-state index in [-0.39, 0.29) is 22.2 Å². The zero-order chi connectivity index (χ0) is 21.0. The number of carbonyl (C=O) groups excluding carboxylic acids is 1. The zero-order valence-corrected chi connectivity index (χ0v) is 17.8. The molecule has 0 atom stereocenters. The number of thioether (sulfide) groups is 1. The van der Waals surface area contributed by atoms with Gasteiger partial charge in [0.05, 0.1) is 17.9 Å². The van der Waals surface area contributed by atoms with Gasteiger partial charge in [-0.25, -0.2) is 4.98 Å². The van der Waals surface area contributed by atoms with Gasteiger partial charge in [-0.3, -0.25) is 14.2 Å². The molecule has 0 aliphatic heterocycles. The first kappa shape index (κ1) is 21.0. The van der Waals surface area contributed by atoms with Crippen molar-refractivity contribution >= 4 is 35.0 Å². The summed E-state index contributed by atoms with van der Waals surface area (Å²) in [6.45, 7) is 4.01. The first-order chi connectivity index (χ1) is 13.9. The summed E-state index contributed by atoms with van der Waals surface area (Å²) in [4.78, 5) is 29.2. The van der Waals surface area contributed by atoms with Crippen LogP contribution in [0.1, 0.15) is 11.1 Å². The summed E-state index contributed by atoms with van der Waals surface area (Å²) in [6, 6.07) is 10.8. The third-order valence-corrected chi connectivity index (χ3v) is 5.61. The predicted octanol–water partition coefficient (Wildman–Crippen LogP) is 4.24. The minimum Gasteiger partial charge on any atom is -0.495 e. The fourth-order valence-corrected chi connectivity index (χ4v) is 3.60. The highest BCUT2D eigenvalue weighted by Gasteiger charge is 2.11. The third-order valence-electron chi connectivity index (χ3n) is 4.35. The van der Waals surface area contributed by atoms with E-state index in [1.165, 1.54) is 11.7 Å². The Hall–Kier alpha value is -2.77. The zero-order valence-electron chi connectivity index (χ0n) is 16.2. The summed E-state index contributed by atoms with van der Waals surface area (Å²) in [5.74, 6) is 0.307. The third kappa shape index (κ3) is 4.99. The molecule has 0 bridgehead atoms. The molecule has 29 heavy (non-hydrogen) atoms. The van der Waals surface area contributed by atoms with Crippen molar-refractivity contribution in [2.45, 2.75) is 18.9 Å². The van der Waals surface area contributed by atoms with Gasteiger partial charge >= 0.3 is 0 Å². The minimum atomic E-state index is -0.265. The highest BCUT2D eigenvalue weighted by atomic mass is 35.5. The second-order valence-electron chi connectivity index (χ2n) is 6.36. The lowest BCUT2D eigenvalue weighted by atomic mass is 10.1. The molecule has 150 valence electrons. The molecule has 3 aromatic rings. The van der Waals surface area contributed by atoms with Gasteiger partial charge < -0.3 is 10.1 Å². The van der Waals surface area contributed by atoms with Crippen LogP contribution in [0, 0.1) is 13.8 Å². The fraction of sp³-hybridized carbons (Fsp3) is 0.190. The van der Waals surface area contributed by atoms with Crippen molar-refractivity contribution < 1.29 is 9.53 Å². The maximum atomic E-state index is 12.8. The number of nitrogens with zero attached hydrogens (tertiary/aromatic N) is 2. The molecule has 0 spiro atoms. The lowest BCUT2D eigenvalue weighted by molar-refractivity contribution is -0.113. The van der Waals surface area contributed by atoms with Gasteiger partial charge in [-0.2, -0.15) is 0 Å². The molecule has 1 heterocycles.